The van der Waals surface area contributed by atoms with Crippen LogP contribution in [0.3, 0.4) is 0 Å². The van der Waals surface area contributed by atoms with E-state index in [-0.39, 0.29) is 6.03 Å². The summed E-state index contributed by atoms with van der Waals surface area (Å²) in [5.41, 5.74) is 6.85. The molecule has 5 nitrogen and oxygen atoms in total. The van der Waals surface area contributed by atoms with E-state index in [0.29, 0.717) is 6.04 Å². The summed E-state index contributed by atoms with van der Waals surface area (Å²) in [4.78, 5) is 15.1. The molecular weight excluding hydrogens is 332 g/mol. The van der Waals surface area contributed by atoms with E-state index in [1.165, 1.54) is 73.0 Å². The number of fused-ring (bicyclic) bond motifs is 4. The Hall–Kier alpha value is -1.24. The minimum absolute atomic E-state index is 0.0696. The number of aryl methyl sites for hydroxylation is 2. The van der Waals surface area contributed by atoms with Gasteiger partial charge in [0.1, 0.15) is 0 Å². The van der Waals surface area contributed by atoms with Crippen LogP contribution in [-0.4, -0.2) is 47.5 Å². The van der Waals surface area contributed by atoms with E-state index in [2.05, 4.69) is 25.3 Å². The lowest BCUT2D eigenvalue weighted by Gasteiger charge is -2.32. The maximum absolute atomic E-state index is 12.6. The number of anilines is 1. The van der Waals surface area contributed by atoms with E-state index >= 15 is 0 Å². The number of hydrogen-bond donors (Lipinski definition) is 2. The van der Waals surface area contributed by atoms with Gasteiger partial charge in [0.15, 0.2) is 0 Å². The van der Waals surface area contributed by atoms with Crippen molar-refractivity contribution < 1.29 is 4.79 Å². The van der Waals surface area contributed by atoms with Crippen molar-refractivity contribution >= 4 is 23.9 Å². The topological polar surface area (TPSA) is 47.6 Å². The third-order valence-electron chi connectivity index (χ3n) is 6.26. The molecular formula is C19H26N4OS. The Labute approximate surface area is 153 Å². The number of nitrogens with zero attached hydrogens (tertiary/aromatic N) is 2. The SMILES string of the molecule is O=C(NSN1CCN2CCC1C2)Nc1c2c(cc3c1CCC3)CCC2. The smallest absolute Gasteiger partial charge is 0.307 e. The van der Waals surface area contributed by atoms with Crippen LogP contribution in [0, 0.1) is 0 Å². The van der Waals surface area contributed by atoms with Crippen molar-refractivity contribution in [3.05, 3.63) is 28.3 Å². The van der Waals surface area contributed by atoms with E-state index in [0.717, 1.165) is 38.2 Å². The number of carbonyl (C=O) groups is 1. The molecule has 134 valence electrons. The number of nitrogens with one attached hydrogen (secondary N) is 2. The maximum Gasteiger partial charge on any atom is 0.330 e. The Balaban J connectivity index is 1.27. The Morgan fingerprint density at radius 1 is 1.04 bits per heavy atom. The van der Waals surface area contributed by atoms with E-state index < -0.39 is 0 Å². The van der Waals surface area contributed by atoms with Gasteiger partial charge in [-0.2, -0.15) is 0 Å². The van der Waals surface area contributed by atoms with Crippen LogP contribution in [0.25, 0.3) is 0 Å². The van der Waals surface area contributed by atoms with Crippen molar-refractivity contribution in [1.82, 2.24) is 13.9 Å². The second kappa shape index (κ2) is 6.49. The van der Waals surface area contributed by atoms with Crippen LogP contribution in [0.4, 0.5) is 10.5 Å². The summed E-state index contributed by atoms with van der Waals surface area (Å²) in [6.07, 6.45) is 8.20. The molecule has 0 spiro atoms. The zero-order chi connectivity index (χ0) is 16.8. The first-order valence-corrected chi connectivity index (χ1v) is 10.4. The molecule has 1 aromatic rings. The third-order valence-corrected chi connectivity index (χ3v) is 7.25. The summed E-state index contributed by atoms with van der Waals surface area (Å²) < 4.78 is 5.39. The van der Waals surface area contributed by atoms with E-state index in [4.69, 9.17) is 0 Å². The van der Waals surface area contributed by atoms with Gasteiger partial charge in [-0.25, -0.2) is 9.10 Å². The number of rotatable bonds is 3. The van der Waals surface area contributed by atoms with Crippen LogP contribution in [-0.2, 0) is 25.7 Å². The highest BCUT2D eigenvalue weighted by molar-refractivity contribution is 7.95. The van der Waals surface area contributed by atoms with E-state index in [1.807, 2.05) is 0 Å². The van der Waals surface area contributed by atoms with Gasteiger partial charge in [0.05, 0.1) is 0 Å². The monoisotopic (exact) mass is 358 g/mol. The van der Waals surface area contributed by atoms with Gasteiger partial charge in [0, 0.05) is 43.5 Å². The van der Waals surface area contributed by atoms with Crippen LogP contribution in [0.1, 0.15) is 41.5 Å². The molecule has 2 bridgehead atoms. The fraction of sp³-hybridized carbons (Fsp3) is 0.632. The summed E-state index contributed by atoms with van der Waals surface area (Å²) in [6, 6.07) is 2.92. The molecule has 25 heavy (non-hydrogen) atoms. The number of urea groups is 1. The molecule has 5 rings (SSSR count). The lowest BCUT2D eigenvalue weighted by atomic mass is 9.99. The Kier molecular flexibility index (Phi) is 4.14. The first kappa shape index (κ1) is 16.0. The average Bonchev–Trinajstić information content (AvgIpc) is 3.34. The summed E-state index contributed by atoms with van der Waals surface area (Å²) in [6.45, 7) is 4.50. The Bertz CT molecular complexity index is 675. The van der Waals surface area contributed by atoms with E-state index in [9.17, 15) is 4.79 Å². The standard InChI is InChI=1S/C19H26N4OS/c24-19(21-25-23-10-9-22-8-7-15(23)12-22)20-18-16-5-1-3-13(16)11-14-4-2-6-17(14)18/h11,15H,1-10,12H2,(H2,20,21,24). The summed E-state index contributed by atoms with van der Waals surface area (Å²) in [7, 11) is 0. The van der Waals surface area contributed by atoms with Crippen molar-refractivity contribution in [2.75, 3.05) is 31.5 Å². The molecule has 2 unspecified atom stereocenters. The van der Waals surface area contributed by atoms with Gasteiger partial charge >= 0.3 is 6.03 Å². The number of piperazine rings is 1. The van der Waals surface area contributed by atoms with Crippen LogP contribution in [0.15, 0.2) is 6.07 Å². The zero-order valence-electron chi connectivity index (χ0n) is 14.6. The largest absolute Gasteiger partial charge is 0.330 e. The first-order chi connectivity index (χ1) is 12.3. The first-order valence-electron chi connectivity index (χ1n) is 9.67. The molecule has 0 saturated carbocycles. The maximum atomic E-state index is 12.6. The molecule has 4 aliphatic rings. The van der Waals surface area contributed by atoms with Crippen molar-refractivity contribution in [3.8, 4) is 0 Å². The average molecular weight is 359 g/mol. The fourth-order valence-electron chi connectivity index (χ4n) is 5.00. The van der Waals surface area contributed by atoms with Crippen molar-refractivity contribution in [2.24, 2.45) is 0 Å². The normalized spacial score (nSPS) is 27.2. The second-order valence-electron chi connectivity index (χ2n) is 7.77. The summed E-state index contributed by atoms with van der Waals surface area (Å²) >= 11 is 1.50. The molecule has 2 amide bonds. The lowest BCUT2D eigenvalue weighted by molar-refractivity contribution is 0.224. The van der Waals surface area contributed by atoms with Crippen LogP contribution < -0.4 is 10.0 Å². The fourth-order valence-corrected chi connectivity index (χ4v) is 5.74. The second-order valence-corrected chi connectivity index (χ2v) is 8.62. The Morgan fingerprint density at radius 2 is 1.80 bits per heavy atom. The van der Waals surface area contributed by atoms with Gasteiger partial charge in [-0.15, -0.1) is 0 Å². The number of amides is 2. The van der Waals surface area contributed by atoms with Crippen LogP contribution in [0.5, 0.6) is 0 Å². The molecule has 2 fully saturated rings. The minimum atomic E-state index is -0.0696. The van der Waals surface area contributed by atoms with Gasteiger partial charge in [-0.1, -0.05) is 6.07 Å². The number of hydrogen-bond acceptors (Lipinski definition) is 4. The molecule has 2 N–H and O–H groups in total. The highest BCUT2D eigenvalue weighted by Crippen LogP contribution is 2.38. The third kappa shape index (κ3) is 2.94. The highest BCUT2D eigenvalue weighted by Gasteiger charge is 2.33. The van der Waals surface area contributed by atoms with Gasteiger partial charge < -0.3 is 10.2 Å². The Morgan fingerprint density at radius 3 is 2.56 bits per heavy atom. The van der Waals surface area contributed by atoms with Crippen LogP contribution in [0.2, 0.25) is 0 Å². The van der Waals surface area contributed by atoms with Crippen LogP contribution >= 0.6 is 12.1 Å². The van der Waals surface area contributed by atoms with Gasteiger partial charge in [0.2, 0.25) is 0 Å². The molecule has 0 radical (unpaired) electrons. The number of carbonyl (C=O) groups excluding carboxylic acids is 1. The minimum Gasteiger partial charge on any atom is -0.307 e. The zero-order valence-corrected chi connectivity index (χ0v) is 15.5. The quantitative estimate of drug-likeness (QED) is 0.816. The summed E-state index contributed by atoms with van der Waals surface area (Å²) in [5.74, 6) is 0. The van der Waals surface area contributed by atoms with Crippen molar-refractivity contribution in [2.45, 2.75) is 51.0 Å². The molecule has 6 heteroatoms. The van der Waals surface area contributed by atoms with E-state index in [1.54, 1.807) is 0 Å². The van der Waals surface area contributed by atoms with Gasteiger partial charge in [0.25, 0.3) is 0 Å². The van der Waals surface area contributed by atoms with Crippen molar-refractivity contribution in [1.29, 1.82) is 0 Å². The molecule has 1 aromatic carbocycles. The lowest BCUT2D eigenvalue weighted by Crippen LogP contribution is -2.45. The number of benzene rings is 1. The predicted molar refractivity (Wildman–Crippen MR) is 102 cm³/mol. The molecule has 2 heterocycles. The molecule has 2 atom stereocenters. The molecule has 2 saturated heterocycles. The summed E-state index contributed by atoms with van der Waals surface area (Å²) in [5, 5.41) is 3.22. The predicted octanol–water partition coefficient (Wildman–Crippen LogP) is 2.74. The van der Waals surface area contributed by atoms with Gasteiger partial charge in [-0.3, -0.25) is 4.72 Å². The van der Waals surface area contributed by atoms with Gasteiger partial charge in [-0.05, 0) is 73.7 Å². The molecule has 0 aromatic heterocycles. The molecule has 2 aliphatic carbocycles. The van der Waals surface area contributed by atoms with Crippen molar-refractivity contribution in [3.63, 3.8) is 0 Å². The highest BCUT2D eigenvalue weighted by atomic mass is 32.2. The molecule has 2 aliphatic heterocycles.